The van der Waals surface area contributed by atoms with Crippen LogP contribution in [0.2, 0.25) is 0 Å². The van der Waals surface area contributed by atoms with Crippen molar-refractivity contribution in [2.75, 3.05) is 14.2 Å². The summed E-state index contributed by atoms with van der Waals surface area (Å²) in [7, 11) is 0. The summed E-state index contributed by atoms with van der Waals surface area (Å²) < 4.78 is 10.3. The van der Waals surface area contributed by atoms with Crippen molar-refractivity contribution in [2.45, 2.75) is 0 Å². The number of nitrogens with zero attached hydrogens (tertiary/aromatic N) is 4. The lowest BCUT2D eigenvalue weighted by molar-refractivity contribution is 1.18. The van der Waals surface area contributed by atoms with Crippen LogP contribution in [-0.4, -0.2) is 25.5 Å². The van der Waals surface area contributed by atoms with Gasteiger partial charge in [0.25, 0.3) is 0 Å². The van der Waals surface area contributed by atoms with Gasteiger partial charge in [-0.25, -0.2) is 0 Å². The smallest absolute Gasteiger partial charge is 0.388 e. The van der Waals surface area contributed by atoms with Gasteiger partial charge in [-0.3, -0.25) is 0 Å². The first-order chi connectivity index (χ1) is 27.3. The minimum atomic E-state index is -0.202. The lowest BCUT2D eigenvalue weighted by Crippen LogP contribution is -2.86. The highest BCUT2D eigenvalue weighted by Crippen LogP contribution is 2.36. The molecule has 0 N–H and O–H groups in total. The van der Waals surface area contributed by atoms with Gasteiger partial charge in [0.1, 0.15) is 0 Å². The molecule has 1 aliphatic heterocycles. The Balaban J connectivity index is 1.30. The summed E-state index contributed by atoms with van der Waals surface area (Å²) in [5.74, 6) is 0. The topological polar surface area (TPSA) is 14.7 Å². The van der Waals surface area contributed by atoms with E-state index in [-0.39, 0.29) is 20.9 Å². The van der Waals surface area contributed by atoms with E-state index in [1.54, 1.807) is 0 Å². The average molecular weight is 702 g/mol. The molecule has 8 aromatic carbocycles. The fourth-order valence-corrected chi connectivity index (χ4v) is 8.68. The minimum absolute atomic E-state index is 0.168. The second-order valence-electron chi connectivity index (χ2n) is 14.1. The number of para-hydroxylation sites is 4. The van der Waals surface area contributed by atoms with Gasteiger partial charge in [-0.2, -0.15) is 0 Å². The second kappa shape index (κ2) is 14.2. The van der Waals surface area contributed by atoms with Crippen molar-refractivity contribution in [1.82, 2.24) is 4.57 Å². The normalized spacial score (nSPS) is 13.2. The highest BCUT2D eigenvalue weighted by Gasteiger charge is 2.55. The predicted octanol–water partition coefficient (Wildman–Crippen LogP) is 8.80. The maximum atomic E-state index is 2.64. The fourth-order valence-electron chi connectivity index (χ4n) is 8.68. The number of aromatic nitrogens is 1. The molecular formula is C48H37B3N4. The van der Waals surface area contributed by atoms with Crippen LogP contribution in [0.5, 0.6) is 0 Å². The van der Waals surface area contributed by atoms with Crippen LogP contribution in [0.4, 0.5) is 17.1 Å². The van der Waals surface area contributed by atoms with Crippen LogP contribution in [0.1, 0.15) is 0 Å². The second-order valence-corrected chi connectivity index (χ2v) is 14.1. The van der Waals surface area contributed by atoms with Crippen LogP contribution >= 0.6 is 0 Å². The van der Waals surface area contributed by atoms with E-state index in [2.05, 4.69) is 243 Å². The number of hydrogen-bond acceptors (Lipinski definition) is 3. The molecule has 0 bridgehead atoms. The number of fused-ring (bicyclic) bond motifs is 3. The Labute approximate surface area is 323 Å². The largest absolute Gasteiger partial charge is 0.416 e. The summed E-state index contributed by atoms with van der Waals surface area (Å²) in [6.07, 6.45) is 0. The number of benzene rings is 8. The first-order valence-electron chi connectivity index (χ1n) is 19.0. The summed E-state index contributed by atoms with van der Waals surface area (Å²) in [5.41, 5.74) is 10.6. The van der Waals surface area contributed by atoms with E-state index in [0.717, 1.165) is 22.7 Å². The molecule has 1 aromatic heterocycles. The van der Waals surface area contributed by atoms with Gasteiger partial charge in [0.15, 0.2) is 0 Å². The molecule has 1 aliphatic rings. The Hall–Kier alpha value is -6.85. The molecule has 0 saturated carbocycles. The molecule has 7 heteroatoms. The monoisotopic (exact) mass is 702 g/mol. The quantitative estimate of drug-likeness (QED) is 0.155. The molecule has 0 spiro atoms. The van der Waals surface area contributed by atoms with E-state index >= 15 is 0 Å². The first-order valence-corrected chi connectivity index (χ1v) is 19.0. The van der Waals surface area contributed by atoms with Gasteiger partial charge >= 0.3 is 20.9 Å². The summed E-state index contributed by atoms with van der Waals surface area (Å²) in [6.45, 7) is -0.571. The zero-order valence-electron chi connectivity index (χ0n) is 30.4. The number of rotatable bonds is 7. The third-order valence-electron chi connectivity index (χ3n) is 10.9. The fraction of sp³-hybridized carbons (Fsp3) is 0. The van der Waals surface area contributed by atoms with Gasteiger partial charge in [0.2, 0.25) is 0 Å². The number of anilines is 3. The van der Waals surface area contributed by atoms with Crippen LogP contribution in [0.25, 0.3) is 27.5 Å². The lowest BCUT2D eigenvalue weighted by Gasteiger charge is -2.57. The molecule has 0 amide bonds. The van der Waals surface area contributed by atoms with E-state index in [9.17, 15) is 0 Å². The van der Waals surface area contributed by atoms with E-state index in [1.165, 1.54) is 38.2 Å². The molecule has 2 heterocycles. The molecule has 55 heavy (non-hydrogen) atoms. The van der Waals surface area contributed by atoms with Gasteiger partial charge in [0.05, 0.1) is 11.0 Å². The molecule has 9 aromatic rings. The Morgan fingerprint density at radius 3 is 0.982 bits per heavy atom. The standard InChI is InChI=1S/C48H37B3N4/c1-6-21-38(22-7-1)49-53(41-27-12-4-13-28-41)50(39-23-8-2-9-24-39)55(51(40-25-10-3-11-26-40)54(49)42-29-14-5-15-30-42)44-32-20-31-43(37-44)52-47-35-18-16-33-45(47)46-34-17-19-36-48(46)52/h1-37H. The molecule has 1 fully saturated rings. The van der Waals surface area contributed by atoms with Crippen molar-refractivity contribution in [1.29, 1.82) is 0 Å². The van der Waals surface area contributed by atoms with E-state index in [0.29, 0.717) is 0 Å². The molecule has 0 radical (unpaired) electrons. The zero-order chi connectivity index (χ0) is 36.6. The van der Waals surface area contributed by atoms with Gasteiger partial charge in [-0.15, -0.1) is 0 Å². The molecule has 1 saturated heterocycles. The molecule has 4 nitrogen and oxygen atoms in total. The van der Waals surface area contributed by atoms with Crippen molar-refractivity contribution in [3.63, 3.8) is 0 Å². The van der Waals surface area contributed by atoms with Crippen LogP contribution in [0.3, 0.4) is 0 Å². The molecule has 0 atom stereocenters. The third-order valence-corrected chi connectivity index (χ3v) is 10.9. The molecule has 10 rings (SSSR count). The molecule has 258 valence electrons. The van der Waals surface area contributed by atoms with Crippen LogP contribution < -0.4 is 30.6 Å². The predicted molar refractivity (Wildman–Crippen MR) is 237 cm³/mol. The zero-order valence-corrected chi connectivity index (χ0v) is 30.4. The summed E-state index contributed by atoms with van der Waals surface area (Å²) >= 11 is 0. The average Bonchev–Trinajstić information content (AvgIpc) is 3.61. The van der Waals surface area contributed by atoms with E-state index < -0.39 is 0 Å². The van der Waals surface area contributed by atoms with Gasteiger partial charge in [0, 0.05) is 33.5 Å². The van der Waals surface area contributed by atoms with Crippen LogP contribution in [-0.2, 0) is 0 Å². The van der Waals surface area contributed by atoms with Crippen molar-refractivity contribution >= 4 is 76.2 Å². The third kappa shape index (κ3) is 5.76. The van der Waals surface area contributed by atoms with Crippen molar-refractivity contribution in [3.8, 4) is 5.69 Å². The van der Waals surface area contributed by atoms with E-state index in [1.807, 2.05) is 0 Å². The lowest BCUT2D eigenvalue weighted by atomic mass is 9.37. The molecular weight excluding hydrogens is 665 g/mol. The van der Waals surface area contributed by atoms with E-state index in [4.69, 9.17) is 0 Å². The van der Waals surface area contributed by atoms with Gasteiger partial charge in [-0.05, 0) is 71.0 Å². The Kier molecular flexibility index (Phi) is 8.45. The Morgan fingerprint density at radius 1 is 0.255 bits per heavy atom. The highest BCUT2D eigenvalue weighted by atomic mass is 15.3. The SMILES string of the molecule is c1ccc(B2N(c3ccccc3)B(c3ccccc3)N(c3cccc(-n4c5ccccc5c5ccccc54)c3)B(c3ccccc3)N2c2ccccc2)cc1. The van der Waals surface area contributed by atoms with Gasteiger partial charge in [-0.1, -0.05) is 170 Å². The Bertz CT molecular complexity index is 2550. The summed E-state index contributed by atoms with van der Waals surface area (Å²) in [6, 6.07) is 81.6. The number of hydrogen-bond donors (Lipinski definition) is 0. The summed E-state index contributed by atoms with van der Waals surface area (Å²) in [4.78, 5) is 0. The summed E-state index contributed by atoms with van der Waals surface area (Å²) in [5, 5.41) is 2.50. The molecule has 0 unspecified atom stereocenters. The van der Waals surface area contributed by atoms with Crippen molar-refractivity contribution < 1.29 is 0 Å². The Morgan fingerprint density at radius 2 is 0.564 bits per heavy atom. The highest BCUT2D eigenvalue weighted by molar-refractivity contribution is 7.14. The molecule has 0 aliphatic carbocycles. The maximum Gasteiger partial charge on any atom is 0.388 e. The maximum absolute atomic E-state index is 2.64. The minimum Gasteiger partial charge on any atom is -0.416 e. The van der Waals surface area contributed by atoms with Crippen molar-refractivity contribution in [3.05, 3.63) is 224 Å². The van der Waals surface area contributed by atoms with Crippen LogP contribution in [0, 0.1) is 0 Å². The van der Waals surface area contributed by atoms with Crippen molar-refractivity contribution in [2.24, 2.45) is 0 Å². The van der Waals surface area contributed by atoms with Crippen LogP contribution in [0.15, 0.2) is 224 Å². The van der Waals surface area contributed by atoms with Gasteiger partial charge < -0.3 is 18.7 Å². The first kappa shape index (κ1) is 32.8.